The van der Waals surface area contributed by atoms with Crippen LogP contribution in [-0.2, 0) is 4.79 Å². The van der Waals surface area contributed by atoms with Crippen LogP contribution in [0.15, 0.2) is 23.3 Å². The molecule has 2 rings (SSSR count). The molecule has 0 bridgehead atoms. The summed E-state index contributed by atoms with van der Waals surface area (Å²) in [5.74, 6) is -0.0716. The van der Waals surface area contributed by atoms with E-state index in [-0.39, 0.29) is 5.91 Å². The van der Waals surface area contributed by atoms with E-state index in [1.807, 2.05) is 25.1 Å². The highest BCUT2D eigenvalue weighted by molar-refractivity contribution is 6.31. The van der Waals surface area contributed by atoms with Crippen LogP contribution in [0.2, 0.25) is 5.02 Å². The molecule has 1 aromatic carbocycles. The lowest BCUT2D eigenvalue weighted by atomic mass is 10.1. The van der Waals surface area contributed by atoms with E-state index in [1.54, 1.807) is 0 Å². The molecule has 0 spiro atoms. The minimum atomic E-state index is -0.0716. The Balaban J connectivity index is 2.37. The summed E-state index contributed by atoms with van der Waals surface area (Å²) >= 11 is 5.90. The second-order valence-electron chi connectivity index (χ2n) is 3.29. The zero-order valence-corrected chi connectivity index (χ0v) is 8.43. The molecule has 14 heavy (non-hydrogen) atoms. The molecule has 0 unspecified atom stereocenters. The van der Waals surface area contributed by atoms with Gasteiger partial charge in [0.25, 0.3) is 0 Å². The maximum absolute atomic E-state index is 10.9. The van der Waals surface area contributed by atoms with Gasteiger partial charge in [-0.2, -0.15) is 5.10 Å². The molecule has 1 aliphatic rings. The third kappa shape index (κ3) is 1.77. The SMILES string of the molecule is Cc1cc(Cl)cc(C2=NNC(=O)C2)c1. The Hall–Kier alpha value is -1.35. The molecule has 1 heterocycles. The van der Waals surface area contributed by atoms with Gasteiger partial charge in [0, 0.05) is 5.02 Å². The minimum absolute atomic E-state index is 0.0716. The first kappa shape index (κ1) is 9.21. The van der Waals surface area contributed by atoms with Gasteiger partial charge in [0.15, 0.2) is 0 Å². The van der Waals surface area contributed by atoms with Gasteiger partial charge in [0.2, 0.25) is 5.91 Å². The quantitative estimate of drug-likeness (QED) is 0.752. The second kappa shape index (κ2) is 3.42. The molecule has 0 aliphatic carbocycles. The predicted molar refractivity (Wildman–Crippen MR) is 55.5 cm³/mol. The smallest absolute Gasteiger partial charge is 0.246 e. The summed E-state index contributed by atoms with van der Waals surface area (Å²) in [6.45, 7) is 1.96. The number of carbonyl (C=O) groups excluding carboxylic acids is 1. The van der Waals surface area contributed by atoms with E-state index in [0.717, 1.165) is 16.8 Å². The zero-order chi connectivity index (χ0) is 10.1. The van der Waals surface area contributed by atoms with Crippen molar-refractivity contribution in [1.29, 1.82) is 0 Å². The Labute approximate surface area is 86.8 Å². The third-order valence-corrected chi connectivity index (χ3v) is 2.24. The summed E-state index contributed by atoms with van der Waals surface area (Å²) in [6.07, 6.45) is 0.333. The Morgan fingerprint density at radius 2 is 2.21 bits per heavy atom. The van der Waals surface area contributed by atoms with E-state index in [4.69, 9.17) is 11.6 Å². The number of carbonyl (C=O) groups is 1. The number of hydrogen-bond acceptors (Lipinski definition) is 2. The number of benzene rings is 1. The van der Waals surface area contributed by atoms with E-state index >= 15 is 0 Å². The molecule has 0 saturated carbocycles. The first-order valence-electron chi connectivity index (χ1n) is 4.28. The zero-order valence-electron chi connectivity index (χ0n) is 7.67. The maximum Gasteiger partial charge on any atom is 0.246 e. The molecular formula is C10H9ClN2O. The number of amides is 1. The lowest BCUT2D eigenvalue weighted by molar-refractivity contribution is -0.119. The highest BCUT2D eigenvalue weighted by Gasteiger charge is 2.16. The summed E-state index contributed by atoms with van der Waals surface area (Å²) < 4.78 is 0. The highest BCUT2D eigenvalue weighted by Crippen LogP contribution is 2.17. The van der Waals surface area contributed by atoms with Crippen LogP contribution in [0.3, 0.4) is 0 Å². The number of rotatable bonds is 1. The molecule has 4 heteroatoms. The van der Waals surface area contributed by atoms with Gasteiger partial charge in [-0.1, -0.05) is 17.7 Å². The number of aryl methyl sites for hydroxylation is 1. The van der Waals surface area contributed by atoms with Crippen LogP contribution in [0.5, 0.6) is 0 Å². The highest BCUT2D eigenvalue weighted by atomic mass is 35.5. The molecule has 3 nitrogen and oxygen atoms in total. The molecule has 0 fully saturated rings. The van der Waals surface area contributed by atoms with Crippen molar-refractivity contribution in [3.8, 4) is 0 Å². The fraction of sp³-hybridized carbons (Fsp3) is 0.200. The lowest BCUT2D eigenvalue weighted by Gasteiger charge is -2.01. The average molecular weight is 209 g/mol. The van der Waals surface area contributed by atoms with Gasteiger partial charge in [-0.15, -0.1) is 0 Å². The van der Waals surface area contributed by atoms with Gasteiger partial charge in [0.1, 0.15) is 0 Å². The van der Waals surface area contributed by atoms with Crippen molar-refractivity contribution in [2.24, 2.45) is 5.10 Å². The van der Waals surface area contributed by atoms with Crippen LogP contribution < -0.4 is 5.43 Å². The summed E-state index contributed by atoms with van der Waals surface area (Å²) in [4.78, 5) is 10.9. The Morgan fingerprint density at radius 3 is 2.79 bits per heavy atom. The van der Waals surface area contributed by atoms with Crippen LogP contribution in [0.4, 0.5) is 0 Å². The first-order valence-corrected chi connectivity index (χ1v) is 4.66. The van der Waals surface area contributed by atoms with Crippen LogP contribution in [0.1, 0.15) is 17.5 Å². The van der Waals surface area contributed by atoms with E-state index in [9.17, 15) is 4.79 Å². The topological polar surface area (TPSA) is 41.5 Å². The van der Waals surface area contributed by atoms with Crippen molar-refractivity contribution >= 4 is 23.2 Å². The molecule has 1 amide bonds. The van der Waals surface area contributed by atoms with Crippen molar-refractivity contribution in [3.05, 3.63) is 34.3 Å². The van der Waals surface area contributed by atoms with E-state index in [2.05, 4.69) is 10.5 Å². The summed E-state index contributed by atoms with van der Waals surface area (Å²) in [6, 6.07) is 5.65. The molecule has 72 valence electrons. The van der Waals surface area contributed by atoms with Gasteiger partial charge in [0.05, 0.1) is 12.1 Å². The van der Waals surface area contributed by atoms with Gasteiger partial charge in [-0.25, -0.2) is 5.43 Å². The summed E-state index contributed by atoms with van der Waals surface area (Å²) in [5.41, 5.74) is 5.14. The standard InChI is InChI=1S/C10H9ClN2O/c1-6-2-7(4-8(11)3-6)9-5-10(14)13-12-9/h2-4H,5H2,1H3,(H,13,14). The number of nitrogens with zero attached hydrogens (tertiary/aromatic N) is 1. The number of halogens is 1. The van der Waals surface area contributed by atoms with Gasteiger partial charge in [-0.05, 0) is 30.2 Å². The molecule has 1 N–H and O–H groups in total. The predicted octanol–water partition coefficient (Wildman–Crippen LogP) is 1.87. The molecule has 0 aromatic heterocycles. The largest absolute Gasteiger partial charge is 0.273 e. The fourth-order valence-electron chi connectivity index (χ4n) is 1.43. The minimum Gasteiger partial charge on any atom is -0.273 e. The Morgan fingerprint density at radius 1 is 1.43 bits per heavy atom. The van der Waals surface area contributed by atoms with Gasteiger partial charge < -0.3 is 0 Å². The lowest BCUT2D eigenvalue weighted by Crippen LogP contribution is -2.09. The van der Waals surface area contributed by atoms with Crippen LogP contribution in [0.25, 0.3) is 0 Å². The third-order valence-electron chi connectivity index (χ3n) is 2.02. The van der Waals surface area contributed by atoms with Crippen LogP contribution in [-0.4, -0.2) is 11.6 Å². The normalized spacial score (nSPS) is 15.3. The average Bonchev–Trinajstić information content (AvgIpc) is 2.50. The van der Waals surface area contributed by atoms with Crippen LogP contribution >= 0.6 is 11.6 Å². The van der Waals surface area contributed by atoms with Gasteiger partial charge in [-0.3, -0.25) is 4.79 Å². The molecule has 1 aromatic rings. The maximum atomic E-state index is 10.9. The van der Waals surface area contributed by atoms with Crippen molar-refractivity contribution in [2.45, 2.75) is 13.3 Å². The van der Waals surface area contributed by atoms with Crippen LogP contribution in [0, 0.1) is 6.92 Å². The van der Waals surface area contributed by atoms with Gasteiger partial charge >= 0.3 is 0 Å². The fourth-order valence-corrected chi connectivity index (χ4v) is 1.72. The van der Waals surface area contributed by atoms with E-state index in [0.29, 0.717) is 11.4 Å². The number of hydrazone groups is 1. The first-order chi connectivity index (χ1) is 6.65. The molecule has 0 atom stereocenters. The molecule has 1 aliphatic heterocycles. The number of hydrogen-bond donors (Lipinski definition) is 1. The van der Waals surface area contributed by atoms with Crippen molar-refractivity contribution in [1.82, 2.24) is 5.43 Å². The second-order valence-corrected chi connectivity index (χ2v) is 3.72. The summed E-state index contributed by atoms with van der Waals surface area (Å²) in [5, 5.41) is 4.60. The molecule has 0 saturated heterocycles. The summed E-state index contributed by atoms with van der Waals surface area (Å²) in [7, 11) is 0. The number of nitrogens with one attached hydrogen (secondary N) is 1. The van der Waals surface area contributed by atoms with Crippen molar-refractivity contribution < 1.29 is 4.79 Å². The Bertz CT molecular complexity index is 406. The van der Waals surface area contributed by atoms with E-state index < -0.39 is 0 Å². The molecule has 0 radical (unpaired) electrons. The van der Waals surface area contributed by atoms with Crippen molar-refractivity contribution in [3.63, 3.8) is 0 Å². The Kier molecular flexibility index (Phi) is 2.25. The van der Waals surface area contributed by atoms with E-state index in [1.165, 1.54) is 0 Å². The van der Waals surface area contributed by atoms with Crippen molar-refractivity contribution in [2.75, 3.05) is 0 Å². The molecular weight excluding hydrogens is 200 g/mol. The monoisotopic (exact) mass is 208 g/mol.